The number of rotatable bonds is 0. The predicted octanol–water partition coefficient (Wildman–Crippen LogP) is 1.66. The van der Waals surface area contributed by atoms with Gasteiger partial charge in [0.2, 0.25) is 0 Å². The molecule has 3 rings (SSSR count). The van der Waals surface area contributed by atoms with Gasteiger partial charge in [-0.3, -0.25) is 0 Å². The summed E-state index contributed by atoms with van der Waals surface area (Å²) in [5.41, 5.74) is 0. The summed E-state index contributed by atoms with van der Waals surface area (Å²) in [6.45, 7) is 1.40. The van der Waals surface area contributed by atoms with Crippen LogP contribution in [0.15, 0.2) is 27.7 Å². The van der Waals surface area contributed by atoms with Gasteiger partial charge in [-0.25, -0.2) is 0 Å². The van der Waals surface area contributed by atoms with Crippen LogP contribution in [0.1, 0.15) is 0 Å². The van der Waals surface area contributed by atoms with Gasteiger partial charge in [-0.05, 0) is 0 Å². The molecule has 0 aromatic rings. The van der Waals surface area contributed by atoms with Gasteiger partial charge in [0.25, 0.3) is 0 Å². The van der Waals surface area contributed by atoms with Crippen molar-refractivity contribution in [2.24, 2.45) is 0 Å². The van der Waals surface area contributed by atoms with Crippen molar-refractivity contribution >= 4 is 53.4 Å². The molecule has 3 aliphatic rings. The van der Waals surface area contributed by atoms with Crippen LogP contribution in [-0.4, -0.2) is 43.1 Å². The molecule has 0 radical (unpaired) electrons. The van der Waals surface area contributed by atoms with Crippen LogP contribution >= 0.6 is 23.5 Å². The molecule has 0 aromatic heterocycles. The summed E-state index contributed by atoms with van der Waals surface area (Å²) in [6, 6.07) is 0. The Kier molecular flexibility index (Phi) is 2.93. The quantitative estimate of drug-likeness (QED) is 0.615. The van der Waals surface area contributed by atoms with E-state index in [4.69, 9.17) is 9.47 Å². The van der Waals surface area contributed by atoms with Gasteiger partial charge in [-0.1, -0.05) is 0 Å². The molecular formula is C8H6O2S2Se2. The summed E-state index contributed by atoms with van der Waals surface area (Å²) in [4.78, 5) is 4.63. The maximum atomic E-state index is 5.55. The fourth-order valence-corrected chi connectivity index (χ4v) is 9.40. The zero-order valence-electron chi connectivity index (χ0n) is 7.02. The Morgan fingerprint density at radius 2 is 1.57 bits per heavy atom. The van der Waals surface area contributed by atoms with E-state index in [1.54, 1.807) is 26.9 Å². The third kappa shape index (κ3) is 1.80. The SMILES string of the molecule is C1=C[Se]C(=C2SC3=C(OCCO3)S2)[Se]1. The van der Waals surface area contributed by atoms with Crippen molar-refractivity contribution < 1.29 is 9.47 Å². The van der Waals surface area contributed by atoms with Crippen LogP contribution in [0.5, 0.6) is 0 Å². The molecule has 0 fully saturated rings. The number of hydrogen-bond acceptors (Lipinski definition) is 4. The fourth-order valence-electron chi connectivity index (χ4n) is 1.10. The van der Waals surface area contributed by atoms with Gasteiger partial charge in [-0.15, -0.1) is 0 Å². The fraction of sp³-hybridized carbons (Fsp3) is 0.250. The Labute approximate surface area is 103 Å². The van der Waals surface area contributed by atoms with Crippen LogP contribution in [0, 0.1) is 0 Å². The van der Waals surface area contributed by atoms with Crippen LogP contribution in [0.2, 0.25) is 0 Å². The zero-order chi connectivity index (χ0) is 9.38. The molecular weight excluding hydrogens is 350 g/mol. The molecule has 0 atom stereocenters. The minimum absolute atomic E-state index is 0.587. The maximum absolute atomic E-state index is 5.55. The molecule has 3 aliphatic heterocycles. The second kappa shape index (κ2) is 4.20. The van der Waals surface area contributed by atoms with Crippen molar-refractivity contribution in [3.05, 3.63) is 27.7 Å². The second-order valence-corrected chi connectivity index (χ2v) is 9.94. The van der Waals surface area contributed by atoms with E-state index in [0.717, 1.165) is 10.2 Å². The van der Waals surface area contributed by atoms with Crippen LogP contribution in [0.25, 0.3) is 0 Å². The van der Waals surface area contributed by atoms with Gasteiger partial charge in [0.1, 0.15) is 0 Å². The van der Waals surface area contributed by atoms with Gasteiger partial charge >= 0.3 is 104 Å². The third-order valence-corrected chi connectivity index (χ3v) is 11.1. The van der Waals surface area contributed by atoms with Gasteiger partial charge in [0.15, 0.2) is 0 Å². The van der Waals surface area contributed by atoms with Crippen molar-refractivity contribution in [1.29, 1.82) is 0 Å². The molecule has 14 heavy (non-hydrogen) atoms. The molecule has 3 heterocycles. The summed E-state index contributed by atoms with van der Waals surface area (Å²) in [7, 11) is 0. The van der Waals surface area contributed by atoms with Crippen LogP contribution in [-0.2, 0) is 9.47 Å². The predicted molar refractivity (Wildman–Crippen MR) is 61.8 cm³/mol. The van der Waals surface area contributed by atoms with E-state index in [2.05, 4.69) is 9.95 Å². The molecule has 0 amide bonds. The second-order valence-electron chi connectivity index (χ2n) is 2.56. The van der Waals surface area contributed by atoms with Crippen molar-refractivity contribution in [1.82, 2.24) is 0 Å². The van der Waals surface area contributed by atoms with Crippen molar-refractivity contribution in [3.63, 3.8) is 0 Å². The Hall–Kier alpha value is 0.559. The number of hydrogen-bond donors (Lipinski definition) is 0. The van der Waals surface area contributed by atoms with Crippen molar-refractivity contribution in [3.8, 4) is 0 Å². The molecule has 6 heteroatoms. The molecule has 0 aliphatic carbocycles. The minimum atomic E-state index is 0.587. The summed E-state index contributed by atoms with van der Waals surface area (Å²) < 4.78 is 14.1. The molecule has 0 spiro atoms. The van der Waals surface area contributed by atoms with E-state index in [1.165, 1.54) is 4.24 Å². The first-order chi connectivity index (χ1) is 6.93. The Bertz CT molecular complexity index is 332. The first-order valence-corrected chi connectivity index (χ1v) is 9.34. The summed E-state index contributed by atoms with van der Waals surface area (Å²) in [6.07, 6.45) is 0. The third-order valence-electron chi connectivity index (χ3n) is 1.66. The van der Waals surface area contributed by atoms with E-state index in [0.29, 0.717) is 43.1 Å². The van der Waals surface area contributed by atoms with E-state index < -0.39 is 0 Å². The van der Waals surface area contributed by atoms with Crippen molar-refractivity contribution in [2.75, 3.05) is 13.2 Å². The van der Waals surface area contributed by atoms with Gasteiger partial charge in [-0.2, -0.15) is 0 Å². The number of ether oxygens (including phenoxy) is 2. The molecule has 2 nitrogen and oxygen atoms in total. The Morgan fingerprint density at radius 1 is 1.00 bits per heavy atom. The standard InChI is InChI=1S/C8H6O2S2Se2/c1-2-10-6-5(9-1)11-7(12-6)8-13-3-4-14-8/h3-4H,1-2H2. The van der Waals surface area contributed by atoms with E-state index >= 15 is 0 Å². The Balaban J connectivity index is 1.81. The normalized spacial score (nSPS) is 25.1. The van der Waals surface area contributed by atoms with E-state index in [-0.39, 0.29) is 0 Å². The van der Waals surface area contributed by atoms with Crippen LogP contribution in [0.3, 0.4) is 0 Å². The van der Waals surface area contributed by atoms with Crippen LogP contribution in [0.4, 0.5) is 0 Å². The van der Waals surface area contributed by atoms with Crippen LogP contribution < -0.4 is 0 Å². The van der Waals surface area contributed by atoms with Gasteiger partial charge in [0.05, 0.1) is 0 Å². The summed E-state index contributed by atoms with van der Waals surface area (Å²) >= 11 is 4.69. The molecule has 0 bridgehead atoms. The molecule has 0 aromatic carbocycles. The average Bonchev–Trinajstić information content (AvgIpc) is 2.86. The van der Waals surface area contributed by atoms with E-state index in [1.807, 2.05) is 0 Å². The summed E-state index contributed by atoms with van der Waals surface area (Å²) in [5, 5.41) is 1.98. The molecule has 74 valence electrons. The van der Waals surface area contributed by atoms with Gasteiger partial charge < -0.3 is 0 Å². The van der Waals surface area contributed by atoms with Gasteiger partial charge in [0, 0.05) is 0 Å². The summed E-state index contributed by atoms with van der Waals surface area (Å²) in [5.74, 6) is 0. The molecule has 0 N–H and O–H groups in total. The zero-order valence-corrected chi connectivity index (χ0v) is 12.1. The monoisotopic (exact) mass is 358 g/mol. The first-order valence-electron chi connectivity index (χ1n) is 4.02. The molecule has 0 unspecified atom stereocenters. The number of thioether (sulfide) groups is 2. The Morgan fingerprint density at radius 3 is 2.14 bits per heavy atom. The average molecular weight is 356 g/mol. The van der Waals surface area contributed by atoms with Crippen molar-refractivity contribution in [2.45, 2.75) is 0 Å². The topological polar surface area (TPSA) is 18.5 Å². The molecule has 0 saturated heterocycles. The van der Waals surface area contributed by atoms with E-state index in [9.17, 15) is 0 Å². The first kappa shape index (κ1) is 9.76. The molecule has 0 saturated carbocycles.